The Balaban J connectivity index is 1.92. The van der Waals surface area contributed by atoms with E-state index in [0.29, 0.717) is 17.0 Å². The molecule has 134 valence electrons. The summed E-state index contributed by atoms with van der Waals surface area (Å²) in [4.78, 5) is 28.7. The van der Waals surface area contributed by atoms with Gasteiger partial charge >= 0.3 is 0 Å². The number of amides is 2. The number of benzene rings is 1. The largest absolute Gasteiger partial charge is 0.496 e. The topological polar surface area (TPSA) is 67.8 Å². The van der Waals surface area contributed by atoms with E-state index in [2.05, 4.69) is 31.1 Å². The number of fused-ring (bicyclic) bond motifs is 1. The van der Waals surface area contributed by atoms with Crippen LogP contribution in [0.15, 0.2) is 64.8 Å². The molecule has 0 fully saturated rings. The van der Waals surface area contributed by atoms with Gasteiger partial charge in [0, 0.05) is 17.7 Å². The first kappa shape index (κ1) is 17.9. The van der Waals surface area contributed by atoms with Gasteiger partial charge in [-0.15, -0.1) is 0 Å². The van der Waals surface area contributed by atoms with Crippen LogP contribution < -0.4 is 10.1 Å². The van der Waals surface area contributed by atoms with Crippen LogP contribution in [0, 0.1) is 11.3 Å². The molecule has 1 aliphatic heterocycles. The minimum absolute atomic E-state index is 0.00647. The summed E-state index contributed by atoms with van der Waals surface area (Å²) in [6.45, 7) is 6.24. The highest BCUT2D eigenvalue weighted by atomic mass is 16.5. The fourth-order valence-corrected chi connectivity index (χ4v) is 3.14. The fourth-order valence-electron chi connectivity index (χ4n) is 3.14. The fraction of sp³-hybridized carbons (Fsp3) is 0.286. The van der Waals surface area contributed by atoms with E-state index < -0.39 is 0 Å². The highest BCUT2D eigenvalue weighted by Crippen LogP contribution is 2.38. The molecule has 3 rings (SSSR count). The summed E-state index contributed by atoms with van der Waals surface area (Å²) in [5, 5.41) is 2.86. The molecule has 0 bridgehead atoms. The molecule has 26 heavy (non-hydrogen) atoms. The number of methoxy groups -OCH3 is 1. The molecule has 5 nitrogen and oxygen atoms in total. The lowest BCUT2D eigenvalue weighted by Gasteiger charge is -2.34. The molecule has 1 aromatic carbocycles. The number of allylic oxidation sites excluding steroid dienone is 3. The number of nitrogens with one attached hydrogen (secondary N) is 1. The smallest absolute Gasteiger partial charge is 0.281 e. The number of aliphatic imine (C=N–C) groups is 1. The van der Waals surface area contributed by atoms with Gasteiger partial charge in [0.15, 0.2) is 0 Å². The number of rotatable bonds is 2. The Kier molecular flexibility index (Phi) is 4.64. The van der Waals surface area contributed by atoms with E-state index in [1.807, 2.05) is 12.2 Å². The third kappa shape index (κ3) is 3.52. The van der Waals surface area contributed by atoms with Crippen molar-refractivity contribution in [2.45, 2.75) is 20.8 Å². The average molecular weight is 350 g/mol. The Bertz CT molecular complexity index is 883. The number of carbonyl (C=O) groups excluding carboxylic acids is 2. The maximum absolute atomic E-state index is 12.5. The molecule has 1 heterocycles. The van der Waals surface area contributed by atoms with Crippen LogP contribution in [0.1, 0.15) is 31.1 Å². The van der Waals surface area contributed by atoms with E-state index in [1.54, 1.807) is 36.4 Å². The van der Waals surface area contributed by atoms with Gasteiger partial charge in [0.25, 0.3) is 5.91 Å². The highest BCUT2D eigenvalue weighted by Gasteiger charge is 2.32. The van der Waals surface area contributed by atoms with Crippen LogP contribution in [0.5, 0.6) is 5.75 Å². The molecular weight excluding hydrogens is 328 g/mol. The lowest BCUT2D eigenvalue weighted by Crippen LogP contribution is -2.36. The van der Waals surface area contributed by atoms with Crippen molar-refractivity contribution in [3.05, 3.63) is 65.4 Å². The van der Waals surface area contributed by atoms with Crippen molar-refractivity contribution in [3.63, 3.8) is 0 Å². The maximum atomic E-state index is 12.5. The summed E-state index contributed by atoms with van der Waals surface area (Å²) < 4.78 is 5.22. The van der Waals surface area contributed by atoms with Gasteiger partial charge in [-0.2, -0.15) is 0 Å². The zero-order valence-electron chi connectivity index (χ0n) is 15.4. The molecule has 2 amide bonds. The third-order valence-electron chi connectivity index (χ3n) is 4.42. The monoisotopic (exact) mass is 350 g/mol. The second-order valence-corrected chi connectivity index (χ2v) is 7.32. The summed E-state index contributed by atoms with van der Waals surface area (Å²) in [6, 6.07) is 6.97. The quantitative estimate of drug-likeness (QED) is 0.888. The van der Waals surface area contributed by atoms with Crippen molar-refractivity contribution < 1.29 is 14.3 Å². The van der Waals surface area contributed by atoms with Crippen LogP contribution in [0.2, 0.25) is 0 Å². The normalized spacial score (nSPS) is 20.8. The van der Waals surface area contributed by atoms with Gasteiger partial charge in [0.05, 0.1) is 18.4 Å². The molecular formula is C21H22N2O3. The van der Waals surface area contributed by atoms with E-state index in [4.69, 9.17) is 4.74 Å². The van der Waals surface area contributed by atoms with Gasteiger partial charge in [-0.05, 0) is 35.3 Å². The standard InChI is InChI=1S/C21H22N2O3/c1-21(2,3)16-12-19(24)23-17-11-13(9-10-14(16)17)22-20(25)15-7-5-6-8-18(15)26-4/h5-12,14H,1-4H3,(H,23,24). The minimum Gasteiger partial charge on any atom is -0.496 e. The molecule has 0 radical (unpaired) electrons. The number of ether oxygens (including phenoxy) is 1. The first-order chi connectivity index (χ1) is 12.3. The van der Waals surface area contributed by atoms with E-state index in [9.17, 15) is 9.59 Å². The van der Waals surface area contributed by atoms with Crippen molar-refractivity contribution in [1.82, 2.24) is 5.32 Å². The van der Waals surface area contributed by atoms with Gasteiger partial charge in [-0.25, -0.2) is 4.99 Å². The first-order valence-electron chi connectivity index (χ1n) is 8.48. The number of hydrogen-bond acceptors (Lipinski definition) is 3. The van der Waals surface area contributed by atoms with Gasteiger partial charge in [-0.1, -0.05) is 39.0 Å². The molecule has 0 saturated heterocycles. The zero-order chi connectivity index (χ0) is 18.9. The molecule has 0 spiro atoms. The number of nitrogens with zero attached hydrogens (tertiary/aromatic N) is 1. The SMILES string of the molecule is COc1ccccc1C(=O)N=C1C=CC2C(=C1)NC(=O)C=C2C(C)(C)C. The molecule has 0 aromatic heterocycles. The Hall–Kier alpha value is -2.95. The Morgan fingerprint density at radius 1 is 1.19 bits per heavy atom. The van der Waals surface area contributed by atoms with E-state index in [1.165, 1.54) is 7.11 Å². The molecule has 2 aliphatic rings. The van der Waals surface area contributed by atoms with Crippen molar-refractivity contribution >= 4 is 17.5 Å². The minimum atomic E-state index is -0.383. The zero-order valence-corrected chi connectivity index (χ0v) is 15.4. The Labute approximate surface area is 153 Å². The van der Waals surface area contributed by atoms with Crippen LogP contribution in [-0.2, 0) is 4.79 Å². The lowest BCUT2D eigenvalue weighted by atomic mass is 9.74. The van der Waals surface area contributed by atoms with Gasteiger partial charge in [-0.3, -0.25) is 9.59 Å². The van der Waals surface area contributed by atoms with Crippen molar-refractivity contribution in [1.29, 1.82) is 0 Å². The summed E-state index contributed by atoms with van der Waals surface area (Å²) in [6.07, 6.45) is 7.21. The third-order valence-corrected chi connectivity index (χ3v) is 4.42. The molecule has 1 atom stereocenters. The molecule has 5 heteroatoms. The van der Waals surface area contributed by atoms with Crippen LogP contribution in [0.3, 0.4) is 0 Å². The molecule has 0 saturated carbocycles. The number of hydrogen-bond donors (Lipinski definition) is 1. The van der Waals surface area contributed by atoms with Crippen molar-refractivity contribution in [2.24, 2.45) is 16.3 Å². The predicted molar refractivity (Wildman–Crippen MR) is 101 cm³/mol. The molecule has 1 aliphatic carbocycles. The van der Waals surface area contributed by atoms with Crippen molar-refractivity contribution in [2.75, 3.05) is 7.11 Å². The van der Waals surface area contributed by atoms with Crippen LogP contribution in [-0.4, -0.2) is 24.6 Å². The number of para-hydroxylation sites is 1. The summed E-state index contributed by atoms with van der Waals surface area (Å²) in [7, 11) is 1.52. The maximum Gasteiger partial charge on any atom is 0.281 e. The van der Waals surface area contributed by atoms with Gasteiger partial charge in [0.1, 0.15) is 5.75 Å². The van der Waals surface area contributed by atoms with Crippen LogP contribution >= 0.6 is 0 Å². The summed E-state index contributed by atoms with van der Waals surface area (Å²) in [5.41, 5.74) is 2.56. The van der Waals surface area contributed by atoms with Gasteiger partial charge < -0.3 is 10.1 Å². The molecule has 1 unspecified atom stereocenters. The first-order valence-corrected chi connectivity index (χ1v) is 8.48. The molecule has 1 N–H and O–H groups in total. The van der Waals surface area contributed by atoms with Crippen LogP contribution in [0.4, 0.5) is 0 Å². The average Bonchev–Trinajstić information content (AvgIpc) is 2.59. The van der Waals surface area contributed by atoms with E-state index in [0.717, 1.165) is 11.3 Å². The predicted octanol–water partition coefficient (Wildman–Crippen LogP) is 3.45. The highest BCUT2D eigenvalue weighted by molar-refractivity contribution is 6.14. The molecule has 1 aromatic rings. The van der Waals surface area contributed by atoms with E-state index in [-0.39, 0.29) is 23.1 Å². The van der Waals surface area contributed by atoms with Gasteiger partial charge in [0.2, 0.25) is 5.91 Å². The van der Waals surface area contributed by atoms with Crippen molar-refractivity contribution in [3.8, 4) is 5.75 Å². The van der Waals surface area contributed by atoms with Crippen LogP contribution in [0.25, 0.3) is 0 Å². The lowest BCUT2D eigenvalue weighted by molar-refractivity contribution is -0.116. The Morgan fingerprint density at radius 3 is 2.62 bits per heavy atom. The van der Waals surface area contributed by atoms with E-state index >= 15 is 0 Å². The number of carbonyl (C=O) groups is 2. The summed E-state index contributed by atoms with van der Waals surface area (Å²) >= 11 is 0. The Morgan fingerprint density at radius 2 is 1.92 bits per heavy atom. The summed E-state index contributed by atoms with van der Waals surface area (Å²) in [5.74, 6) is -0.0571. The second-order valence-electron chi connectivity index (χ2n) is 7.32. The second kappa shape index (κ2) is 6.75.